The first-order valence-electron chi connectivity index (χ1n) is 8.03. The maximum absolute atomic E-state index is 13.8. The summed E-state index contributed by atoms with van der Waals surface area (Å²) in [6, 6.07) is 4.02. The Morgan fingerprint density at radius 3 is 2.78 bits per heavy atom. The Morgan fingerprint density at radius 1 is 1.39 bits per heavy atom. The lowest BCUT2D eigenvalue weighted by molar-refractivity contribution is 0.285. The van der Waals surface area contributed by atoms with Crippen LogP contribution in [0.2, 0.25) is 0 Å². The molecule has 1 aliphatic rings. The molecule has 0 unspecified atom stereocenters. The molecule has 0 amide bonds. The molecule has 0 aromatic heterocycles. The number of halogens is 1. The number of hydrogen-bond donors (Lipinski definition) is 2. The lowest BCUT2D eigenvalue weighted by Crippen LogP contribution is -2.29. The van der Waals surface area contributed by atoms with Gasteiger partial charge in [0.25, 0.3) is 0 Å². The molecule has 1 aromatic rings. The van der Waals surface area contributed by atoms with E-state index in [4.69, 9.17) is 10.5 Å². The molecule has 7 heteroatoms. The molecule has 3 N–H and O–H groups in total. The fraction of sp³-hybridized carbons (Fsp3) is 0.625. The Balaban J connectivity index is 1.97. The van der Waals surface area contributed by atoms with Gasteiger partial charge in [0.2, 0.25) is 10.0 Å². The highest BCUT2D eigenvalue weighted by Gasteiger charge is 2.23. The highest BCUT2D eigenvalue weighted by Crippen LogP contribution is 2.31. The summed E-state index contributed by atoms with van der Waals surface area (Å²) in [5.74, 6) is 0.327. The Labute approximate surface area is 137 Å². The van der Waals surface area contributed by atoms with Crippen LogP contribution in [0.4, 0.5) is 4.39 Å². The molecular weight excluding hydrogens is 319 g/mol. The number of rotatable bonds is 10. The molecule has 23 heavy (non-hydrogen) atoms. The van der Waals surface area contributed by atoms with Crippen LogP contribution in [0, 0.1) is 11.7 Å². The quantitative estimate of drug-likeness (QED) is 0.638. The zero-order chi connectivity index (χ0) is 16.9. The van der Waals surface area contributed by atoms with Crippen LogP contribution in [-0.2, 0) is 10.0 Å². The predicted molar refractivity (Wildman–Crippen MR) is 88.2 cm³/mol. The summed E-state index contributed by atoms with van der Waals surface area (Å²) in [6.45, 7) is 2.72. The van der Waals surface area contributed by atoms with Crippen molar-refractivity contribution < 1.29 is 17.5 Å². The number of sulfonamides is 1. The molecule has 1 atom stereocenters. The van der Waals surface area contributed by atoms with Gasteiger partial charge < -0.3 is 10.5 Å². The van der Waals surface area contributed by atoms with Crippen LogP contribution >= 0.6 is 0 Å². The van der Waals surface area contributed by atoms with Crippen LogP contribution < -0.4 is 15.2 Å². The van der Waals surface area contributed by atoms with Gasteiger partial charge in [-0.1, -0.05) is 6.07 Å². The Morgan fingerprint density at radius 2 is 2.13 bits per heavy atom. The fourth-order valence-corrected chi connectivity index (χ4v) is 3.60. The van der Waals surface area contributed by atoms with Crippen molar-refractivity contribution in [3.8, 4) is 5.75 Å². The average molecular weight is 344 g/mol. The minimum absolute atomic E-state index is 0.0424. The number of ether oxygens (including phenoxy) is 1. The van der Waals surface area contributed by atoms with Crippen LogP contribution in [-0.4, -0.2) is 27.3 Å². The van der Waals surface area contributed by atoms with E-state index in [2.05, 4.69) is 4.72 Å². The van der Waals surface area contributed by atoms with Gasteiger partial charge >= 0.3 is 0 Å². The molecule has 0 heterocycles. The van der Waals surface area contributed by atoms with Crippen LogP contribution in [0.1, 0.15) is 44.2 Å². The van der Waals surface area contributed by atoms with Crippen molar-refractivity contribution >= 4 is 10.0 Å². The van der Waals surface area contributed by atoms with Crippen LogP contribution in [0.15, 0.2) is 18.2 Å². The third kappa shape index (κ3) is 6.08. The second-order valence-corrected chi connectivity index (χ2v) is 7.97. The minimum atomic E-state index is -3.38. The normalized spacial score (nSPS) is 16.3. The lowest BCUT2D eigenvalue weighted by Gasteiger charge is -2.16. The topological polar surface area (TPSA) is 81.4 Å². The zero-order valence-corrected chi connectivity index (χ0v) is 14.2. The third-order valence-corrected chi connectivity index (χ3v) is 5.39. The highest BCUT2D eigenvalue weighted by atomic mass is 32.2. The van der Waals surface area contributed by atoms with Gasteiger partial charge in [-0.2, -0.15) is 0 Å². The molecule has 130 valence electrons. The average Bonchev–Trinajstić information content (AvgIpc) is 3.30. The molecule has 0 saturated heterocycles. The van der Waals surface area contributed by atoms with E-state index < -0.39 is 21.9 Å². The van der Waals surface area contributed by atoms with E-state index in [-0.39, 0.29) is 11.5 Å². The SMILES string of the molecule is C[C@H](NS(=O)(=O)CCCCN)c1ccc(F)c(OCC2CC2)c1. The largest absolute Gasteiger partial charge is 0.490 e. The summed E-state index contributed by atoms with van der Waals surface area (Å²) in [7, 11) is -3.38. The molecule has 0 spiro atoms. The van der Waals surface area contributed by atoms with Crippen molar-refractivity contribution in [2.75, 3.05) is 18.9 Å². The van der Waals surface area contributed by atoms with Crippen molar-refractivity contribution in [3.63, 3.8) is 0 Å². The highest BCUT2D eigenvalue weighted by molar-refractivity contribution is 7.89. The summed E-state index contributed by atoms with van der Waals surface area (Å²) < 4.78 is 45.9. The second-order valence-electron chi connectivity index (χ2n) is 6.10. The smallest absolute Gasteiger partial charge is 0.212 e. The van der Waals surface area contributed by atoms with Crippen molar-refractivity contribution in [2.45, 2.75) is 38.6 Å². The van der Waals surface area contributed by atoms with Gasteiger partial charge in [0.15, 0.2) is 11.6 Å². The molecule has 0 aliphatic heterocycles. The van der Waals surface area contributed by atoms with Gasteiger partial charge in [-0.05, 0) is 62.8 Å². The summed E-state index contributed by atoms with van der Waals surface area (Å²) in [5.41, 5.74) is 6.05. The summed E-state index contributed by atoms with van der Waals surface area (Å²) in [4.78, 5) is 0. The summed E-state index contributed by atoms with van der Waals surface area (Å²) in [5, 5.41) is 0. The molecule has 2 rings (SSSR count). The standard InChI is InChI=1S/C16H25FN2O3S/c1-12(19-23(20,21)9-3-2-8-18)14-6-7-15(17)16(10-14)22-11-13-4-5-13/h6-7,10,12-13,19H,2-5,8-9,11,18H2,1H3/t12-/m0/s1. The Kier molecular flexibility index (Phi) is 6.38. The predicted octanol–water partition coefficient (Wildman–Crippen LogP) is 2.33. The molecule has 1 fully saturated rings. The van der Waals surface area contributed by atoms with E-state index in [1.807, 2.05) is 0 Å². The lowest BCUT2D eigenvalue weighted by atomic mass is 10.1. The zero-order valence-electron chi connectivity index (χ0n) is 13.4. The van der Waals surface area contributed by atoms with E-state index in [1.165, 1.54) is 6.07 Å². The number of benzene rings is 1. The van der Waals surface area contributed by atoms with E-state index in [0.29, 0.717) is 37.5 Å². The van der Waals surface area contributed by atoms with Crippen molar-refractivity contribution in [3.05, 3.63) is 29.6 Å². The fourth-order valence-electron chi connectivity index (χ4n) is 2.22. The molecule has 0 radical (unpaired) electrons. The van der Waals surface area contributed by atoms with Crippen molar-refractivity contribution in [1.82, 2.24) is 4.72 Å². The first-order valence-corrected chi connectivity index (χ1v) is 9.69. The van der Waals surface area contributed by atoms with Gasteiger partial charge in [0.05, 0.1) is 12.4 Å². The van der Waals surface area contributed by atoms with Gasteiger partial charge in [-0.25, -0.2) is 17.5 Å². The molecule has 1 saturated carbocycles. The Bertz CT molecular complexity index is 618. The van der Waals surface area contributed by atoms with Gasteiger partial charge in [0.1, 0.15) is 0 Å². The molecule has 0 bridgehead atoms. The van der Waals surface area contributed by atoms with E-state index in [1.54, 1.807) is 19.1 Å². The van der Waals surface area contributed by atoms with Crippen LogP contribution in [0.25, 0.3) is 0 Å². The van der Waals surface area contributed by atoms with E-state index in [0.717, 1.165) is 12.8 Å². The van der Waals surface area contributed by atoms with E-state index >= 15 is 0 Å². The molecular formula is C16H25FN2O3S. The second kappa shape index (κ2) is 8.08. The molecule has 1 aliphatic carbocycles. The summed E-state index contributed by atoms with van der Waals surface area (Å²) in [6.07, 6.45) is 3.45. The van der Waals surface area contributed by atoms with E-state index in [9.17, 15) is 12.8 Å². The minimum Gasteiger partial charge on any atom is -0.490 e. The Hall–Kier alpha value is -1.18. The first kappa shape index (κ1) is 18.2. The van der Waals surface area contributed by atoms with Crippen molar-refractivity contribution in [1.29, 1.82) is 0 Å². The van der Waals surface area contributed by atoms with Crippen LogP contribution in [0.3, 0.4) is 0 Å². The number of nitrogens with one attached hydrogen (secondary N) is 1. The monoisotopic (exact) mass is 344 g/mol. The van der Waals surface area contributed by atoms with Gasteiger partial charge in [-0.3, -0.25) is 0 Å². The van der Waals surface area contributed by atoms with Crippen LogP contribution in [0.5, 0.6) is 5.75 Å². The maximum Gasteiger partial charge on any atom is 0.212 e. The number of hydrogen-bond acceptors (Lipinski definition) is 4. The third-order valence-electron chi connectivity index (χ3n) is 3.85. The van der Waals surface area contributed by atoms with Crippen molar-refractivity contribution in [2.24, 2.45) is 11.7 Å². The number of unbranched alkanes of at least 4 members (excludes halogenated alkanes) is 1. The molecule has 1 aromatic carbocycles. The maximum atomic E-state index is 13.8. The number of nitrogens with two attached hydrogens (primary N) is 1. The molecule has 5 nitrogen and oxygen atoms in total. The first-order chi connectivity index (χ1) is 10.9. The summed E-state index contributed by atoms with van der Waals surface area (Å²) >= 11 is 0. The van der Waals surface area contributed by atoms with Gasteiger partial charge in [-0.15, -0.1) is 0 Å². The van der Waals surface area contributed by atoms with Gasteiger partial charge in [0, 0.05) is 6.04 Å².